The average molecular weight is 1400 g/mol. The number of esters is 2. The number of benzene rings is 4. The zero-order chi connectivity index (χ0) is 67.3. The summed E-state index contributed by atoms with van der Waals surface area (Å²) in [5.74, 6) is 1.18. The Morgan fingerprint density at radius 1 is 0.587 bits per heavy atom. The van der Waals surface area contributed by atoms with Crippen molar-refractivity contribution in [3.05, 3.63) is 133 Å². The minimum Gasteiger partial charge on any atom is -0.496 e. The van der Waals surface area contributed by atoms with E-state index in [4.69, 9.17) is 89.6 Å². The van der Waals surface area contributed by atoms with E-state index in [0.29, 0.717) is 93.7 Å². The second-order valence-electron chi connectivity index (χ2n) is 24.7. The Morgan fingerprint density at radius 2 is 1.00 bits per heavy atom. The third-order valence-corrected chi connectivity index (χ3v) is 17.6. The summed E-state index contributed by atoms with van der Waals surface area (Å²) in [7, 11) is 8.89. The van der Waals surface area contributed by atoms with Crippen LogP contribution in [0.15, 0.2) is 89.9 Å². The smallest absolute Gasteiger partial charge is 0.496 e. The summed E-state index contributed by atoms with van der Waals surface area (Å²) < 4.78 is 51.6. The fourth-order valence-electron chi connectivity index (χ4n) is 9.80. The monoisotopic (exact) mass is 1400 g/mol. The molecule has 2 amide bonds. The second kappa shape index (κ2) is 26.8. The van der Waals surface area contributed by atoms with Gasteiger partial charge in [-0.15, -0.1) is 0 Å². The number of aromatic nitrogens is 8. The molecule has 1 fully saturated rings. The summed E-state index contributed by atoms with van der Waals surface area (Å²) in [6.45, 7) is 20.1. The van der Waals surface area contributed by atoms with Gasteiger partial charge in [-0.05, 0) is 134 Å². The molecule has 22 nitrogen and oxygen atoms in total. The van der Waals surface area contributed by atoms with Crippen molar-refractivity contribution in [1.29, 1.82) is 0 Å². The van der Waals surface area contributed by atoms with Crippen molar-refractivity contribution < 1.29 is 56.9 Å². The summed E-state index contributed by atoms with van der Waals surface area (Å²) >= 11 is 28.9. The Morgan fingerprint density at radius 3 is 1.42 bits per heavy atom. The van der Waals surface area contributed by atoms with Crippen molar-refractivity contribution >= 4 is 98.7 Å². The highest BCUT2D eigenvalue weighted by Crippen LogP contribution is 2.48. The van der Waals surface area contributed by atoms with Crippen molar-refractivity contribution in [1.82, 2.24) is 48.9 Å². The number of amides is 2. The van der Waals surface area contributed by atoms with Gasteiger partial charge in [-0.3, -0.25) is 28.5 Å². The van der Waals surface area contributed by atoms with Crippen LogP contribution in [0.1, 0.15) is 101 Å². The molecule has 3 aliphatic heterocycles. The highest BCUT2D eigenvalue weighted by Gasteiger charge is 2.52. The number of hydrogen-bond donors (Lipinski definition) is 0. The number of hydrogen-bond acceptors (Lipinski definition) is 16. The summed E-state index contributed by atoms with van der Waals surface area (Å²) in [6.07, 6.45) is 6.75. The number of halogens is 5. The van der Waals surface area contributed by atoms with Gasteiger partial charge >= 0.3 is 19.1 Å². The number of fused-ring (bicyclic) bond motifs is 6. The fourth-order valence-corrected chi connectivity index (χ4v) is 11.3. The number of nitrogens with zero attached hydrogens (tertiary/aromatic N) is 10. The molecule has 3 aliphatic rings. The van der Waals surface area contributed by atoms with E-state index >= 15 is 0 Å². The van der Waals surface area contributed by atoms with Crippen LogP contribution < -0.4 is 24.4 Å². The molecule has 0 N–H and O–H groups in total. The van der Waals surface area contributed by atoms with Crippen molar-refractivity contribution in [3.8, 4) is 68.0 Å². The first-order chi connectivity index (χ1) is 43.2. The predicted octanol–water partition coefficient (Wildman–Crippen LogP) is 12.4. The second-order valence-corrected chi connectivity index (χ2v) is 27.3. The van der Waals surface area contributed by atoms with Crippen LogP contribution >= 0.6 is 62.3 Å². The van der Waals surface area contributed by atoms with Crippen LogP contribution in [0, 0.1) is 0 Å². The largest absolute Gasteiger partial charge is 0.498 e. The Balaban J connectivity index is 0.000000174. The van der Waals surface area contributed by atoms with Gasteiger partial charge in [0.15, 0.2) is 11.4 Å². The minimum absolute atomic E-state index is 0.0356. The fraction of sp³-hybridized carbons (Fsp3) is 0.375. The van der Waals surface area contributed by atoms with Crippen molar-refractivity contribution in [3.63, 3.8) is 0 Å². The number of rotatable bonds is 12. The molecule has 4 aromatic heterocycles. The van der Waals surface area contributed by atoms with Crippen LogP contribution in [0.25, 0.3) is 45.0 Å². The maximum atomic E-state index is 13.7. The van der Waals surface area contributed by atoms with E-state index in [1.807, 2.05) is 87.4 Å². The molecule has 11 rings (SSSR count). The summed E-state index contributed by atoms with van der Waals surface area (Å²) in [4.78, 5) is 53.4. The van der Waals surface area contributed by atoms with Crippen molar-refractivity contribution in [2.24, 2.45) is 0 Å². The number of carbonyl (C=O) groups is 4. The quantitative estimate of drug-likeness (QED) is 0.0820. The first-order valence-electron chi connectivity index (χ1n) is 28.8. The molecule has 4 aromatic carbocycles. The first kappa shape index (κ1) is 68.8. The minimum atomic E-state index is -0.462. The molecular formula is C64H70BBrCl4N10O12. The lowest BCUT2D eigenvalue weighted by Crippen LogP contribution is -2.43. The molecule has 0 unspecified atom stereocenters. The van der Waals surface area contributed by atoms with Gasteiger partial charge < -0.3 is 47.5 Å². The van der Waals surface area contributed by atoms with E-state index in [9.17, 15) is 19.2 Å². The molecule has 0 radical (unpaired) electrons. The van der Waals surface area contributed by atoms with Crippen LogP contribution in [0.4, 0.5) is 0 Å². The number of carbonyl (C=O) groups excluding carboxylic acids is 4. The molecule has 0 bridgehead atoms. The Kier molecular flexibility index (Phi) is 20.0. The maximum Gasteiger partial charge on any atom is 0.498 e. The van der Waals surface area contributed by atoms with Crippen LogP contribution in [-0.2, 0) is 54.7 Å². The highest BCUT2D eigenvalue weighted by molar-refractivity contribution is 9.10. The molecule has 0 aliphatic carbocycles. The third kappa shape index (κ3) is 14.3. The molecule has 8 aromatic rings. The molecule has 7 heterocycles. The standard InChI is InChI=1S/C29H29Cl2N5O5.C23H22BrCl2N3O3.C12H19BN2O4/c1-29(2,3)34(4)28(38)26-22-15-41-24-11-23(39-5)20(16-12-32-35(13-16)14-25(37)40-6)10-21(24)27(22)36(33-26)19-8-17(30)7-18(31)9-19;1-23(2,3)28(4)22(30)20-16-11-32-18-10-19(31-5)17(24)9-15(18)21(16)29(27-20)14-7-12(25)6-13(26)8-14;1-11(2)12(3,4)19-13(18-11)9-6-14-15(7-9)8-10(16)17-5/h7-13H,14-15H2,1-6H3;6-10H,11H2,1-5H3;6-7H,8H2,1-5H3. The third-order valence-electron chi connectivity index (χ3n) is 16.1. The van der Waals surface area contributed by atoms with E-state index in [2.05, 4.69) is 30.9 Å². The van der Waals surface area contributed by atoms with Gasteiger partial charge in [0.05, 0.1) is 73.1 Å². The molecule has 486 valence electrons. The molecule has 0 saturated carbocycles. The molecule has 1 saturated heterocycles. The molecular weight excluding hydrogens is 1330 g/mol. The highest BCUT2D eigenvalue weighted by atomic mass is 79.9. The van der Waals surface area contributed by atoms with E-state index in [1.165, 1.54) is 23.6 Å². The van der Waals surface area contributed by atoms with Gasteiger partial charge in [0, 0.05) is 115 Å². The molecule has 0 atom stereocenters. The lowest BCUT2D eigenvalue weighted by atomic mass is 9.82. The normalized spacial score (nSPS) is 14.1. The van der Waals surface area contributed by atoms with Crippen LogP contribution in [0.2, 0.25) is 20.1 Å². The summed E-state index contributed by atoms with van der Waals surface area (Å²) in [5, 5.41) is 19.7. The number of ether oxygens (including phenoxy) is 6. The number of methoxy groups -OCH3 is 4. The van der Waals surface area contributed by atoms with E-state index in [1.54, 1.807) is 115 Å². The summed E-state index contributed by atoms with van der Waals surface area (Å²) in [5.41, 5.74) is 6.66. The van der Waals surface area contributed by atoms with Gasteiger partial charge in [0.1, 0.15) is 49.3 Å². The van der Waals surface area contributed by atoms with Gasteiger partial charge in [-0.25, -0.2) is 9.36 Å². The van der Waals surface area contributed by atoms with E-state index in [-0.39, 0.29) is 66.5 Å². The lowest BCUT2D eigenvalue weighted by Gasteiger charge is -2.32. The van der Waals surface area contributed by atoms with Gasteiger partial charge in [-0.2, -0.15) is 20.4 Å². The Hall–Kier alpha value is -7.58. The molecule has 92 heavy (non-hydrogen) atoms. The summed E-state index contributed by atoms with van der Waals surface area (Å²) in [6, 6.07) is 17.7. The molecule has 0 spiro atoms. The van der Waals surface area contributed by atoms with Crippen molar-refractivity contribution in [2.75, 3.05) is 42.5 Å². The predicted molar refractivity (Wildman–Crippen MR) is 354 cm³/mol. The van der Waals surface area contributed by atoms with Gasteiger partial charge in [-0.1, -0.05) is 46.4 Å². The Labute approximate surface area is 562 Å². The topological polar surface area (TPSA) is 220 Å². The van der Waals surface area contributed by atoms with Gasteiger partial charge in [0.25, 0.3) is 11.8 Å². The van der Waals surface area contributed by atoms with E-state index < -0.39 is 18.6 Å². The maximum absolute atomic E-state index is 13.7. The van der Waals surface area contributed by atoms with Gasteiger partial charge in [0.2, 0.25) is 0 Å². The zero-order valence-electron chi connectivity index (χ0n) is 53.7. The Bertz CT molecular complexity index is 4110. The van der Waals surface area contributed by atoms with E-state index in [0.717, 1.165) is 21.2 Å². The first-order valence-corrected chi connectivity index (χ1v) is 31.1. The average Bonchev–Trinajstić information content (AvgIpc) is 1.55. The molecule has 28 heteroatoms. The lowest BCUT2D eigenvalue weighted by molar-refractivity contribution is -0.142. The van der Waals surface area contributed by atoms with Crippen LogP contribution in [-0.4, -0.2) is 145 Å². The SMILES string of the molecule is COC(=O)Cn1cc(-c2cc3c(cc2OC)OCc2c(C(=O)N(C)C(C)(C)C)nn(-c4cc(Cl)cc(Cl)c4)c2-3)cn1.COC(=O)Cn1cc(B2OC(C)(C)C(C)(C)O2)cn1.COc1cc2c(cc1Br)-c1c(c(C(=O)N(C)C(C)(C)C)nn1-c1cc(Cl)cc(Cl)c1)CO2. The zero-order valence-corrected chi connectivity index (χ0v) is 58.4. The van der Waals surface area contributed by atoms with Crippen molar-refractivity contribution in [2.45, 2.75) is 118 Å². The van der Waals surface area contributed by atoms with Crippen LogP contribution in [0.5, 0.6) is 23.0 Å². The van der Waals surface area contributed by atoms with Crippen LogP contribution in [0.3, 0.4) is 0 Å².